The van der Waals surface area contributed by atoms with Crippen molar-refractivity contribution in [3.8, 4) is 0 Å². The Hall–Kier alpha value is 0.0700. The Labute approximate surface area is 64.0 Å². The van der Waals surface area contributed by atoms with Gasteiger partial charge in [-0.1, -0.05) is 0 Å². The minimum absolute atomic E-state index is 0.366. The summed E-state index contributed by atoms with van der Waals surface area (Å²) < 4.78 is 10.6. The number of hydrogen-bond donors (Lipinski definition) is 1. The second-order valence-electron chi connectivity index (χ2n) is 2.80. The molecule has 4 heteroatoms. The molecule has 1 heterocycles. The van der Waals surface area contributed by atoms with Gasteiger partial charge in [-0.25, -0.2) is 0 Å². The first-order valence-corrected chi connectivity index (χ1v) is 5.19. The SMILES string of the molecule is CS(=O)CCN1CC(N)C1. The van der Waals surface area contributed by atoms with E-state index < -0.39 is 10.8 Å². The van der Waals surface area contributed by atoms with Crippen LogP contribution in [0.4, 0.5) is 0 Å². The van der Waals surface area contributed by atoms with E-state index in [-0.39, 0.29) is 0 Å². The van der Waals surface area contributed by atoms with Crippen LogP contribution in [0.1, 0.15) is 0 Å². The van der Waals surface area contributed by atoms with Crippen molar-refractivity contribution < 1.29 is 4.21 Å². The Balaban J connectivity index is 2.00. The molecule has 0 radical (unpaired) electrons. The Morgan fingerprint density at radius 2 is 2.30 bits per heavy atom. The van der Waals surface area contributed by atoms with Gasteiger partial charge in [-0.05, 0) is 0 Å². The number of nitrogens with zero attached hydrogens (tertiary/aromatic N) is 1. The van der Waals surface area contributed by atoms with E-state index in [2.05, 4.69) is 4.90 Å². The monoisotopic (exact) mass is 162 g/mol. The molecule has 0 aromatic heterocycles. The molecule has 1 atom stereocenters. The summed E-state index contributed by atoms with van der Waals surface area (Å²) in [6.45, 7) is 2.91. The van der Waals surface area contributed by atoms with Crippen LogP contribution in [0.3, 0.4) is 0 Å². The van der Waals surface area contributed by atoms with Gasteiger partial charge in [0.1, 0.15) is 0 Å². The smallest absolute Gasteiger partial charge is 0.0359 e. The third-order valence-electron chi connectivity index (χ3n) is 1.68. The maximum atomic E-state index is 10.6. The molecule has 0 amide bonds. The van der Waals surface area contributed by atoms with Crippen molar-refractivity contribution >= 4 is 10.8 Å². The summed E-state index contributed by atoms with van der Waals surface area (Å²) in [6.07, 6.45) is 1.74. The van der Waals surface area contributed by atoms with Crippen molar-refractivity contribution in [3.63, 3.8) is 0 Å². The molecule has 1 saturated heterocycles. The average molecular weight is 162 g/mol. The molecule has 0 spiro atoms. The summed E-state index contributed by atoms with van der Waals surface area (Å²) in [7, 11) is -0.648. The van der Waals surface area contributed by atoms with E-state index in [0.29, 0.717) is 6.04 Å². The fourth-order valence-electron chi connectivity index (χ4n) is 1.05. The van der Waals surface area contributed by atoms with Gasteiger partial charge < -0.3 is 5.73 Å². The lowest BCUT2D eigenvalue weighted by atomic mass is 10.1. The molecule has 0 aromatic carbocycles. The lowest BCUT2D eigenvalue weighted by molar-refractivity contribution is 0.161. The Bertz CT molecular complexity index is 134. The van der Waals surface area contributed by atoms with Gasteiger partial charge in [0.05, 0.1) is 0 Å². The van der Waals surface area contributed by atoms with Crippen LogP contribution in [0, 0.1) is 0 Å². The molecule has 10 heavy (non-hydrogen) atoms. The van der Waals surface area contributed by atoms with Crippen LogP contribution in [-0.4, -0.2) is 46.8 Å². The van der Waals surface area contributed by atoms with Gasteiger partial charge in [-0.2, -0.15) is 0 Å². The van der Waals surface area contributed by atoms with Crippen LogP contribution in [0.15, 0.2) is 0 Å². The fourth-order valence-corrected chi connectivity index (χ4v) is 1.57. The van der Waals surface area contributed by atoms with Crippen LogP contribution < -0.4 is 5.73 Å². The quantitative estimate of drug-likeness (QED) is 0.579. The maximum Gasteiger partial charge on any atom is 0.0359 e. The molecule has 1 aliphatic rings. The van der Waals surface area contributed by atoms with Crippen molar-refractivity contribution in [1.29, 1.82) is 0 Å². The molecule has 0 aromatic rings. The zero-order valence-corrected chi connectivity index (χ0v) is 7.06. The molecule has 1 rings (SSSR count). The van der Waals surface area contributed by atoms with Gasteiger partial charge >= 0.3 is 0 Å². The molecule has 0 saturated carbocycles. The standard InChI is InChI=1S/C6H14N2OS/c1-10(9)3-2-8-4-6(7)5-8/h6H,2-5,7H2,1H3. The van der Waals surface area contributed by atoms with Gasteiger partial charge in [0.15, 0.2) is 0 Å². The highest BCUT2D eigenvalue weighted by atomic mass is 32.2. The van der Waals surface area contributed by atoms with Gasteiger partial charge in [-0.3, -0.25) is 9.11 Å². The minimum Gasteiger partial charge on any atom is -0.325 e. The van der Waals surface area contributed by atoms with Crippen LogP contribution >= 0.6 is 0 Å². The molecule has 1 aliphatic heterocycles. The highest BCUT2D eigenvalue weighted by Gasteiger charge is 2.21. The minimum atomic E-state index is -0.648. The van der Waals surface area contributed by atoms with E-state index in [1.165, 1.54) is 0 Å². The average Bonchev–Trinajstić information content (AvgIpc) is 1.77. The molecule has 2 N–H and O–H groups in total. The Morgan fingerprint density at radius 1 is 1.70 bits per heavy atom. The summed E-state index contributed by atoms with van der Waals surface area (Å²) in [4.78, 5) is 2.23. The normalized spacial score (nSPS) is 24.2. The first-order chi connectivity index (χ1) is 4.68. The fraction of sp³-hybridized carbons (Fsp3) is 1.00. The van der Waals surface area contributed by atoms with E-state index >= 15 is 0 Å². The van der Waals surface area contributed by atoms with Crippen LogP contribution in [0.2, 0.25) is 0 Å². The molecular formula is C6H14N2OS. The first-order valence-electron chi connectivity index (χ1n) is 3.46. The highest BCUT2D eigenvalue weighted by Crippen LogP contribution is 2.03. The van der Waals surface area contributed by atoms with Crippen molar-refractivity contribution in [2.75, 3.05) is 31.6 Å². The topological polar surface area (TPSA) is 46.3 Å². The highest BCUT2D eigenvalue weighted by molar-refractivity contribution is 7.84. The molecule has 0 aliphatic carbocycles. The van der Waals surface area contributed by atoms with E-state index in [1.54, 1.807) is 6.26 Å². The number of rotatable bonds is 3. The lowest BCUT2D eigenvalue weighted by Gasteiger charge is -2.36. The largest absolute Gasteiger partial charge is 0.325 e. The molecular weight excluding hydrogens is 148 g/mol. The van der Waals surface area contributed by atoms with E-state index in [4.69, 9.17) is 5.73 Å². The first kappa shape index (κ1) is 8.17. The molecule has 1 unspecified atom stereocenters. The second kappa shape index (κ2) is 3.46. The third kappa shape index (κ3) is 2.36. The molecule has 3 nitrogen and oxygen atoms in total. The predicted molar refractivity (Wildman–Crippen MR) is 43.3 cm³/mol. The summed E-state index contributed by atoms with van der Waals surface area (Å²) in [5.74, 6) is 0.784. The zero-order valence-electron chi connectivity index (χ0n) is 6.25. The van der Waals surface area contributed by atoms with Crippen LogP contribution in [0.25, 0.3) is 0 Å². The third-order valence-corrected chi connectivity index (χ3v) is 2.44. The zero-order chi connectivity index (χ0) is 7.56. The van der Waals surface area contributed by atoms with Gasteiger partial charge in [0.2, 0.25) is 0 Å². The second-order valence-corrected chi connectivity index (χ2v) is 4.35. The summed E-state index contributed by atoms with van der Waals surface area (Å²) >= 11 is 0. The van der Waals surface area contributed by atoms with Crippen molar-refractivity contribution in [3.05, 3.63) is 0 Å². The lowest BCUT2D eigenvalue weighted by Crippen LogP contribution is -2.56. The van der Waals surface area contributed by atoms with E-state index in [9.17, 15) is 4.21 Å². The van der Waals surface area contributed by atoms with E-state index in [0.717, 1.165) is 25.4 Å². The summed E-state index contributed by atoms with van der Waals surface area (Å²) in [5, 5.41) is 0. The Kier molecular flexibility index (Phi) is 2.82. The van der Waals surface area contributed by atoms with Crippen molar-refractivity contribution in [2.45, 2.75) is 6.04 Å². The summed E-state index contributed by atoms with van der Waals surface area (Å²) in [6, 6.07) is 0.366. The molecule has 60 valence electrons. The van der Waals surface area contributed by atoms with Gasteiger partial charge in [0, 0.05) is 48.5 Å². The van der Waals surface area contributed by atoms with Crippen molar-refractivity contribution in [2.24, 2.45) is 5.73 Å². The van der Waals surface area contributed by atoms with Crippen LogP contribution in [0.5, 0.6) is 0 Å². The Morgan fingerprint density at radius 3 is 2.70 bits per heavy atom. The van der Waals surface area contributed by atoms with Crippen molar-refractivity contribution in [1.82, 2.24) is 4.90 Å². The van der Waals surface area contributed by atoms with Crippen LogP contribution in [-0.2, 0) is 10.8 Å². The van der Waals surface area contributed by atoms with Gasteiger partial charge in [-0.15, -0.1) is 0 Å². The summed E-state index contributed by atoms with van der Waals surface area (Å²) in [5.41, 5.74) is 5.56. The van der Waals surface area contributed by atoms with Gasteiger partial charge in [0.25, 0.3) is 0 Å². The molecule has 0 bridgehead atoms. The van der Waals surface area contributed by atoms with E-state index in [1.807, 2.05) is 0 Å². The predicted octanol–water partition coefficient (Wildman–Crippen LogP) is -0.992. The number of nitrogens with two attached hydrogens (primary N) is 1. The number of likely N-dealkylation sites (tertiary alicyclic amines) is 1. The molecule has 1 fully saturated rings. The number of hydrogen-bond acceptors (Lipinski definition) is 3. The maximum absolute atomic E-state index is 10.6.